The van der Waals surface area contributed by atoms with E-state index in [9.17, 15) is 9.18 Å². The third-order valence-corrected chi connectivity index (χ3v) is 6.85. The van der Waals surface area contributed by atoms with E-state index in [4.69, 9.17) is 4.98 Å². The lowest BCUT2D eigenvalue weighted by Gasteiger charge is -2.47. The minimum atomic E-state index is -0.319. The highest BCUT2D eigenvalue weighted by atomic mass is 19.1. The van der Waals surface area contributed by atoms with Gasteiger partial charge in [-0.2, -0.15) is 0 Å². The number of carbonyl (C=O) groups excluding carboxylic acids is 1. The molecule has 0 bridgehead atoms. The van der Waals surface area contributed by atoms with Crippen molar-refractivity contribution < 1.29 is 9.18 Å². The van der Waals surface area contributed by atoms with Crippen molar-refractivity contribution in [3.63, 3.8) is 0 Å². The van der Waals surface area contributed by atoms with Crippen LogP contribution >= 0.6 is 0 Å². The van der Waals surface area contributed by atoms with Crippen LogP contribution in [0.15, 0.2) is 24.3 Å². The van der Waals surface area contributed by atoms with E-state index < -0.39 is 0 Å². The number of piperidine rings is 1. The Balaban J connectivity index is 1.69. The molecule has 1 aromatic heterocycles. The maximum absolute atomic E-state index is 13.4. The number of rotatable bonds is 4. The van der Waals surface area contributed by atoms with Gasteiger partial charge in [-0.25, -0.2) is 9.37 Å². The molecule has 2 aliphatic rings. The highest BCUT2D eigenvalue weighted by molar-refractivity contribution is 5.94. The molecule has 0 aliphatic carbocycles. The maximum Gasteiger partial charge on any atom is 0.254 e. The molecule has 0 unspecified atom stereocenters. The number of aromatic nitrogens is 2. The number of likely N-dealkylation sites (tertiary alicyclic amines) is 1. The number of halogens is 1. The Morgan fingerprint density at radius 3 is 2.35 bits per heavy atom. The Hall–Kier alpha value is -2.21. The van der Waals surface area contributed by atoms with Gasteiger partial charge in [0.2, 0.25) is 0 Å². The third kappa shape index (κ3) is 4.14. The standard InChI is InChI=1S/C25H35FN4O/c1-17(2)14-28-12-10-25(11-13-28)16-29(24(31)20-6-8-21(26)9-7-20)15-22-23(25)27-19(5)30(22)18(3)4/h6-9,17-18H,10-16H2,1-5H3. The second-order valence-electron chi connectivity index (χ2n) is 10.1. The molecule has 1 saturated heterocycles. The van der Waals surface area contributed by atoms with E-state index in [1.54, 1.807) is 12.1 Å². The molecule has 1 spiro atoms. The van der Waals surface area contributed by atoms with Crippen LogP contribution in [0.3, 0.4) is 0 Å². The zero-order valence-corrected chi connectivity index (χ0v) is 19.5. The molecule has 1 amide bonds. The summed E-state index contributed by atoms with van der Waals surface area (Å²) in [7, 11) is 0. The largest absolute Gasteiger partial charge is 0.332 e. The van der Waals surface area contributed by atoms with E-state index in [-0.39, 0.29) is 23.2 Å². The average molecular weight is 427 g/mol. The summed E-state index contributed by atoms with van der Waals surface area (Å²) in [5, 5.41) is 0. The lowest BCUT2D eigenvalue weighted by atomic mass is 9.72. The van der Waals surface area contributed by atoms with Gasteiger partial charge in [-0.05, 0) is 76.9 Å². The highest BCUT2D eigenvalue weighted by Gasteiger charge is 2.46. The van der Waals surface area contributed by atoms with Crippen molar-refractivity contribution in [2.24, 2.45) is 5.92 Å². The van der Waals surface area contributed by atoms with Crippen LogP contribution in [0.25, 0.3) is 0 Å². The summed E-state index contributed by atoms with van der Waals surface area (Å²) in [6.07, 6.45) is 2.02. The number of aryl methyl sites for hydroxylation is 1. The fourth-order valence-corrected chi connectivity index (χ4v) is 5.52. The minimum Gasteiger partial charge on any atom is -0.332 e. The number of fused-ring (bicyclic) bond motifs is 2. The Kier molecular flexibility index (Phi) is 5.95. The molecule has 1 fully saturated rings. The predicted molar refractivity (Wildman–Crippen MR) is 121 cm³/mol. The van der Waals surface area contributed by atoms with E-state index >= 15 is 0 Å². The Morgan fingerprint density at radius 1 is 1.13 bits per heavy atom. The number of amides is 1. The van der Waals surface area contributed by atoms with Gasteiger partial charge in [0.1, 0.15) is 11.6 Å². The second kappa shape index (κ2) is 8.38. The van der Waals surface area contributed by atoms with Crippen molar-refractivity contribution in [3.8, 4) is 0 Å². The third-order valence-electron chi connectivity index (χ3n) is 6.85. The molecule has 4 rings (SSSR count). The van der Waals surface area contributed by atoms with Crippen LogP contribution in [0.4, 0.5) is 4.39 Å². The van der Waals surface area contributed by atoms with Crippen molar-refractivity contribution in [1.29, 1.82) is 0 Å². The molecule has 6 heteroatoms. The van der Waals surface area contributed by atoms with Crippen LogP contribution < -0.4 is 0 Å². The Labute approximate surface area is 185 Å². The molecule has 5 nitrogen and oxygen atoms in total. The van der Waals surface area contributed by atoms with Crippen molar-refractivity contribution in [2.45, 2.75) is 65.5 Å². The van der Waals surface area contributed by atoms with Crippen LogP contribution in [0, 0.1) is 18.7 Å². The molecule has 0 N–H and O–H groups in total. The van der Waals surface area contributed by atoms with Crippen LogP contribution in [0.5, 0.6) is 0 Å². The smallest absolute Gasteiger partial charge is 0.254 e. The van der Waals surface area contributed by atoms with Gasteiger partial charge < -0.3 is 14.4 Å². The second-order valence-corrected chi connectivity index (χ2v) is 10.1. The van der Waals surface area contributed by atoms with E-state index in [0.29, 0.717) is 24.6 Å². The van der Waals surface area contributed by atoms with Crippen molar-refractivity contribution in [2.75, 3.05) is 26.2 Å². The van der Waals surface area contributed by atoms with Crippen LogP contribution in [-0.2, 0) is 12.0 Å². The van der Waals surface area contributed by atoms with Crippen molar-refractivity contribution >= 4 is 5.91 Å². The summed E-state index contributed by atoms with van der Waals surface area (Å²) in [5.74, 6) is 1.33. The minimum absolute atomic E-state index is 0.0243. The van der Waals surface area contributed by atoms with Gasteiger partial charge in [-0.1, -0.05) is 13.8 Å². The molecule has 0 radical (unpaired) electrons. The molecule has 2 aliphatic heterocycles. The number of hydrogen-bond donors (Lipinski definition) is 0. The molecular weight excluding hydrogens is 391 g/mol. The quantitative estimate of drug-likeness (QED) is 0.720. The Morgan fingerprint density at radius 2 is 1.77 bits per heavy atom. The van der Waals surface area contributed by atoms with E-state index in [1.807, 2.05) is 4.90 Å². The zero-order chi connectivity index (χ0) is 22.3. The number of carbonyl (C=O) groups is 1. The highest BCUT2D eigenvalue weighted by Crippen LogP contribution is 2.42. The van der Waals surface area contributed by atoms with Crippen molar-refractivity contribution in [1.82, 2.24) is 19.4 Å². The number of nitrogens with zero attached hydrogens (tertiary/aromatic N) is 4. The van der Waals surface area contributed by atoms with Crippen LogP contribution in [-0.4, -0.2) is 51.4 Å². The molecule has 0 saturated carbocycles. The first-order valence-corrected chi connectivity index (χ1v) is 11.6. The van der Waals surface area contributed by atoms with Gasteiger partial charge in [-0.3, -0.25) is 4.79 Å². The first kappa shape index (κ1) is 22.0. The molecule has 3 heterocycles. The molecule has 0 atom stereocenters. The Bertz CT molecular complexity index is 939. The zero-order valence-electron chi connectivity index (χ0n) is 19.5. The molecular formula is C25H35FN4O. The van der Waals surface area contributed by atoms with Gasteiger partial charge >= 0.3 is 0 Å². The maximum atomic E-state index is 13.4. The number of imidazole rings is 1. The van der Waals surface area contributed by atoms with Crippen LogP contribution in [0.2, 0.25) is 0 Å². The van der Waals surface area contributed by atoms with E-state index in [1.165, 1.54) is 23.5 Å². The molecule has 168 valence electrons. The van der Waals surface area contributed by atoms with Crippen LogP contribution in [0.1, 0.15) is 74.1 Å². The normalized spacial score (nSPS) is 18.8. The molecule has 2 aromatic rings. The van der Waals surface area contributed by atoms with E-state index in [0.717, 1.165) is 38.3 Å². The summed E-state index contributed by atoms with van der Waals surface area (Å²) >= 11 is 0. The van der Waals surface area contributed by atoms with Gasteiger partial charge in [-0.15, -0.1) is 0 Å². The van der Waals surface area contributed by atoms with Crippen molar-refractivity contribution in [3.05, 3.63) is 52.9 Å². The van der Waals surface area contributed by atoms with Gasteiger partial charge in [0.05, 0.1) is 17.9 Å². The van der Waals surface area contributed by atoms with E-state index in [2.05, 4.69) is 44.1 Å². The molecule has 31 heavy (non-hydrogen) atoms. The fourth-order valence-electron chi connectivity index (χ4n) is 5.52. The summed E-state index contributed by atoms with van der Waals surface area (Å²) in [4.78, 5) is 23.0. The molecule has 1 aromatic carbocycles. The lowest BCUT2D eigenvalue weighted by molar-refractivity contribution is 0.0552. The van der Waals surface area contributed by atoms with Gasteiger partial charge in [0.25, 0.3) is 5.91 Å². The number of benzene rings is 1. The first-order chi connectivity index (χ1) is 14.7. The monoisotopic (exact) mass is 426 g/mol. The summed E-state index contributed by atoms with van der Waals surface area (Å²) < 4.78 is 15.7. The summed E-state index contributed by atoms with van der Waals surface area (Å²) in [6, 6.07) is 6.21. The first-order valence-electron chi connectivity index (χ1n) is 11.6. The fraction of sp³-hybridized carbons (Fsp3) is 0.600. The van der Waals surface area contributed by atoms with Gasteiger partial charge in [0, 0.05) is 30.1 Å². The summed E-state index contributed by atoms with van der Waals surface area (Å²) in [5.41, 5.74) is 2.81. The average Bonchev–Trinajstić information content (AvgIpc) is 3.06. The predicted octanol–water partition coefficient (Wildman–Crippen LogP) is 4.56. The SMILES string of the molecule is Cc1nc2c(n1C(C)C)CN(C(=O)c1ccc(F)cc1)CC21CCN(CC(C)C)CC1. The number of hydrogen-bond acceptors (Lipinski definition) is 3. The summed E-state index contributed by atoms with van der Waals surface area (Å²) in [6.45, 7) is 15.4. The topological polar surface area (TPSA) is 41.4 Å². The lowest BCUT2D eigenvalue weighted by Crippen LogP contribution is -2.54. The van der Waals surface area contributed by atoms with Gasteiger partial charge in [0.15, 0.2) is 0 Å².